The lowest BCUT2D eigenvalue weighted by Gasteiger charge is -2.11. The number of hydrogen-bond acceptors (Lipinski definition) is 4. The topological polar surface area (TPSA) is 84.5 Å². The summed E-state index contributed by atoms with van der Waals surface area (Å²) in [5.41, 5.74) is 0.545. The monoisotopic (exact) mass is 408 g/mol. The van der Waals surface area contributed by atoms with Crippen LogP contribution in [0.2, 0.25) is 10.0 Å². The number of carbonyl (C=O) groups excluding carboxylic acids is 3. The Balaban J connectivity index is 2.08. The first kappa shape index (κ1) is 20.7. The quantitative estimate of drug-likeness (QED) is 0.417. The molecule has 0 saturated heterocycles. The second-order valence-corrected chi connectivity index (χ2v) is 6.41. The Morgan fingerprint density at radius 2 is 1.63 bits per heavy atom. The fraction of sp³-hybridized carbons (Fsp3) is 0.211. The lowest BCUT2D eigenvalue weighted by atomic mass is 10.1. The predicted molar refractivity (Wildman–Crippen MR) is 105 cm³/mol. The third-order valence-corrected chi connectivity index (χ3v) is 4.07. The van der Waals surface area contributed by atoms with E-state index in [-0.39, 0.29) is 28.6 Å². The fourth-order valence-corrected chi connectivity index (χ4v) is 2.45. The summed E-state index contributed by atoms with van der Waals surface area (Å²) in [6, 6.07) is 10.8. The maximum atomic E-state index is 12.2. The van der Waals surface area contributed by atoms with Crippen molar-refractivity contribution in [1.29, 1.82) is 0 Å². The van der Waals surface area contributed by atoms with Gasteiger partial charge in [0.05, 0.1) is 28.6 Å². The molecule has 0 bridgehead atoms. The highest BCUT2D eigenvalue weighted by Gasteiger charge is 2.19. The summed E-state index contributed by atoms with van der Waals surface area (Å²) in [6.07, 6.45) is 1.63. The molecular formula is C19H18Cl2N2O4. The van der Waals surface area contributed by atoms with E-state index in [1.54, 1.807) is 18.2 Å². The van der Waals surface area contributed by atoms with Crippen molar-refractivity contribution in [2.24, 2.45) is 0 Å². The van der Waals surface area contributed by atoms with Gasteiger partial charge in [0.2, 0.25) is 0 Å². The van der Waals surface area contributed by atoms with Crippen LogP contribution in [0.15, 0.2) is 42.5 Å². The maximum Gasteiger partial charge on any atom is 0.340 e. The number of hydrogen-bond donors (Lipinski definition) is 2. The summed E-state index contributed by atoms with van der Waals surface area (Å²) in [6.45, 7) is 2.26. The summed E-state index contributed by atoms with van der Waals surface area (Å²) in [7, 11) is 0. The molecule has 2 amide bonds. The molecule has 2 aromatic carbocycles. The molecule has 2 aromatic rings. The van der Waals surface area contributed by atoms with Crippen molar-refractivity contribution in [2.75, 3.05) is 17.2 Å². The number of para-hydroxylation sites is 1. The van der Waals surface area contributed by atoms with Gasteiger partial charge in [-0.05, 0) is 36.8 Å². The van der Waals surface area contributed by atoms with E-state index in [4.69, 9.17) is 27.9 Å². The zero-order chi connectivity index (χ0) is 19.8. The number of unbranched alkanes of at least 4 members (excludes halogenated alkanes) is 1. The van der Waals surface area contributed by atoms with Crippen LogP contribution in [0.3, 0.4) is 0 Å². The van der Waals surface area contributed by atoms with Gasteiger partial charge in [-0.25, -0.2) is 4.79 Å². The minimum Gasteiger partial charge on any atom is -0.462 e. The van der Waals surface area contributed by atoms with E-state index in [1.165, 1.54) is 24.3 Å². The first-order chi connectivity index (χ1) is 12.9. The van der Waals surface area contributed by atoms with E-state index in [9.17, 15) is 14.4 Å². The molecular weight excluding hydrogens is 391 g/mol. The Hall–Kier alpha value is -2.57. The molecule has 142 valence electrons. The molecule has 0 spiro atoms. The lowest BCUT2D eigenvalue weighted by molar-refractivity contribution is -0.133. The number of nitrogens with one attached hydrogen (secondary N) is 2. The Kier molecular flexibility index (Phi) is 7.64. The standard InChI is InChI=1S/C19H18Cl2N2O4/c1-2-3-10-27-19(26)13-6-4-5-7-15(13)22-17(24)18(25)23-16-11-12(20)8-9-14(16)21/h4-9,11H,2-3,10H2,1H3,(H,22,24)(H,23,25). The second kappa shape index (κ2) is 9.94. The van der Waals surface area contributed by atoms with Crippen molar-refractivity contribution < 1.29 is 19.1 Å². The third-order valence-electron chi connectivity index (χ3n) is 3.51. The van der Waals surface area contributed by atoms with E-state index < -0.39 is 17.8 Å². The molecule has 8 heteroatoms. The van der Waals surface area contributed by atoms with Crippen LogP contribution in [-0.4, -0.2) is 24.4 Å². The summed E-state index contributed by atoms with van der Waals surface area (Å²) in [5.74, 6) is -2.48. The zero-order valence-corrected chi connectivity index (χ0v) is 16.1. The minimum atomic E-state index is -0.958. The van der Waals surface area contributed by atoms with E-state index in [0.29, 0.717) is 5.02 Å². The summed E-state index contributed by atoms with van der Waals surface area (Å²) >= 11 is 11.8. The van der Waals surface area contributed by atoms with Gasteiger partial charge in [-0.3, -0.25) is 9.59 Å². The van der Waals surface area contributed by atoms with Crippen molar-refractivity contribution in [3.63, 3.8) is 0 Å². The van der Waals surface area contributed by atoms with Crippen molar-refractivity contribution in [1.82, 2.24) is 0 Å². The summed E-state index contributed by atoms with van der Waals surface area (Å²) < 4.78 is 5.15. The summed E-state index contributed by atoms with van der Waals surface area (Å²) in [4.78, 5) is 36.5. The highest BCUT2D eigenvalue weighted by atomic mass is 35.5. The van der Waals surface area contributed by atoms with Gasteiger partial charge >= 0.3 is 17.8 Å². The Morgan fingerprint density at radius 1 is 0.963 bits per heavy atom. The van der Waals surface area contributed by atoms with Gasteiger partial charge in [-0.1, -0.05) is 48.7 Å². The molecule has 0 heterocycles. The number of amides is 2. The highest BCUT2D eigenvalue weighted by molar-refractivity contribution is 6.45. The van der Waals surface area contributed by atoms with Crippen LogP contribution >= 0.6 is 23.2 Å². The normalized spacial score (nSPS) is 10.2. The molecule has 0 saturated carbocycles. The van der Waals surface area contributed by atoms with Crippen LogP contribution in [0.4, 0.5) is 11.4 Å². The molecule has 6 nitrogen and oxygen atoms in total. The van der Waals surface area contributed by atoms with Crippen LogP contribution in [0.5, 0.6) is 0 Å². The number of ether oxygens (including phenoxy) is 1. The van der Waals surface area contributed by atoms with Gasteiger partial charge in [0, 0.05) is 5.02 Å². The number of benzene rings is 2. The molecule has 0 atom stereocenters. The van der Waals surface area contributed by atoms with Crippen molar-refractivity contribution in [3.05, 3.63) is 58.1 Å². The zero-order valence-electron chi connectivity index (χ0n) is 14.6. The van der Waals surface area contributed by atoms with E-state index in [1.807, 2.05) is 6.92 Å². The van der Waals surface area contributed by atoms with E-state index in [2.05, 4.69) is 10.6 Å². The minimum absolute atomic E-state index is 0.163. The molecule has 0 aliphatic rings. The molecule has 0 aromatic heterocycles. The smallest absolute Gasteiger partial charge is 0.340 e. The van der Waals surface area contributed by atoms with Gasteiger partial charge in [-0.15, -0.1) is 0 Å². The number of esters is 1. The average molecular weight is 409 g/mol. The Morgan fingerprint density at radius 3 is 2.33 bits per heavy atom. The number of carbonyl (C=O) groups is 3. The molecule has 2 rings (SSSR count). The Labute approximate surface area is 166 Å². The molecule has 2 N–H and O–H groups in total. The van der Waals surface area contributed by atoms with E-state index in [0.717, 1.165) is 12.8 Å². The predicted octanol–water partition coefficient (Wildman–Crippen LogP) is 4.53. The largest absolute Gasteiger partial charge is 0.462 e. The average Bonchev–Trinajstić information content (AvgIpc) is 2.65. The lowest BCUT2D eigenvalue weighted by Crippen LogP contribution is -2.30. The van der Waals surface area contributed by atoms with Gasteiger partial charge in [0.25, 0.3) is 0 Å². The molecule has 0 radical (unpaired) electrons. The molecule has 0 unspecified atom stereocenters. The fourth-order valence-electron chi connectivity index (χ4n) is 2.11. The third kappa shape index (κ3) is 5.98. The van der Waals surface area contributed by atoms with Gasteiger partial charge in [0.1, 0.15) is 0 Å². The maximum absolute atomic E-state index is 12.2. The second-order valence-electron chi connectivity index (χ2n) is 5.57. The van der Waals surface area contributed by atoms with Crippen LogP contribution in [0, 0.1) is 0 Å². The number of rotatable bonds is 6. The highest BCUT2D eigenvalue weighted by Crippen LogP contribution is 2.25. The van der Waals surface area contributed by atoms with Crippen LogP contribution in [0.25, 0.3) is 0 Å². The first-order valence-electron chi connectivity index (χ1n) is 8.26. The van der Waals surface area contributed by atoms with Crippen molar-refractivity contribution >= 4 is 52.4 Å². The van der Waals surface area contributed by atoms with Crippen molar-refractivity contribution in [2.45, 2.75) is 19.8 Å². The molecule has 0 fully saturated rings. The van der Waals surface area contributed by atoms with Crippen LogP contribution in [-0.2, 0) is 14.3 Å². The number of halogens is 2. The molecule has 0 aliphatic heterocycles. The van der Waals surface area contributed by atoms with Crippen LogP contribution < -0.4 is 10.6 Å². The Bertz CT molecular complexity index is 855. The van der Waals surface area contributed by atoms with Crippen LogP contribution in [0.1, 0.15) is 30.1 Å². The van der Waals surface area contributed by atoms with Gasteiger partial charge in [0.15, 0.2) is 0 Å². The molecule has 0 aliphatic carbocycles. The van der Waals surface area contributed by atoms with Crippen molar-refractivity contribution in [3.8, 4) is 0 Å². The van der Waals surface area contributed by atoms with Gasteiger partial charge < -0.3 is 15.4 Å². The van der Waals surface area contributed by atoms with Gasteiger partial charge in [-0.2, -0.15) is 0 Å². The number of anilines is 2. The van der Waals surface area contributed by atoms with E-state index >= 15 is 0 Å². The summed E-state index contributed by atoms with van der Waals surface area (Å²) in [5, 5.41) is 5.38. The first-order valence-corrected chi connectivity index (χ1v) is 9.01. The SMILES string of the molecule is CCCCOC(=O)c1ccccc1NC(=O)C(=O)Nc1cc(Cl)ccc1Cl. The molecule has 27 heavy (non-hydrogen) atoms.